The van der Waals surface area contributed by atoms with E-state index in [4.69, 9.17) is 0 Å². The van der Waals surface area contributed by atoms with Crippen LogP contribution in [0.3, 0.4) is 0 Å². The van der Waals surface area contributed by atoms with E-state index in [-0.39, 0.29) is 24.0 Å². The second-order valence-electron chi connectivity index (χ2n) is 2.17. The van der Waals surface area contributed by atoms with Crippen LogP contribution in [0.15, 0.2) is 31.1 Å². The Kier molecular flexibility index (Phi) is 5.11. The fraction of sp³-hybridized carbons (Fsp3) is 0.222. The number of aromatic nitrogens is 1. The molecule has 1 aromatic heterocycles. The number of rotatable bonds is 2. The van der Waals surface area contributed by atoms with Crippen molar-refractivity contribution in [1.29, 1.82) is 0 Å². The molecule has 1 aromatic rings. The summed E-state index contributed by atoms with van der Waals surface area (Å²) in [6.45, 7) is 6.83. The van der Waals surface area contributed by atoms with Gasteiger partial charge in [0.15, 0.2) is 12.4 Å². The predicted molar refractivity (Wildman–Crippen MR) is 42.4 cm³/mol. The van der Waals surface area contributed by atoms with Crippen LogP contribution in [-0.4, -0.2) is 0 Å². The molecule has 0 aromatic carbocycles. The zero-order valence-electron chi connectivity index (χ0n) is 6.63. The molecule has 0 fully saturated rings. The number of aryl methyl sites for hydroxylation is 1. The van der Waals surface area contributed by atoms with Crippen molar-refractivity contribution < 1.29 is 28.5 Å². The van der Waals surface area contributed by atoms with Crippen LogP contribution in [0.5, 0.6) is 0 Å². The van der Waals surface area contributed by atoms with Gasteiger partial charge in [-0.25, -0.2) is 4.57 Å². The first kappa shape index (κ1) is 10.6. The van der Waals surface area contributed by atoms with Gasteiger partial charge in [-0.15, -0.1) is 0 Å². The van der Waals surface area contributed by atoms with E-state index >= 15 is 0 Å². The van der Waals surface area contributed by atoms with Gasteiger partial charge < -0.3 is 24.0 Å². The summed E-state index contributed by atoms with van der Waals surface area (Å²) in [5, 5.41) is 0. The third-order valence-electron chi connectivity index (χ3n) is 1.48. The summed E-state index contributed by atoms with van der Waals surface area (Å²) in [6, 6.07) is 4.07. The Morgan fingerprint density at radius 3 is 2.91 bits per heavy atom. The minimum absolute atomic E-state index is 0. The summed E-state index contributed by atoms with van der Waals surface area (Å²) in [7, 11) is 0. The zero-order valence-corrected chi connectivity index (χ0v) is 8.78. The van der Waals surface area contributed by atoms with Crippen molar-refractivity contribution >= 4 is 6.08 Å². The van der Waals surface area contributed by atoms with E-state index in [0.29, 0.717) is 0 Å². The van der Waals surface area contributed by atoms with Gasteiger partial charge in [0.2, 0.25) is 0 Å². The summed E-state index contributed by atoms with van der Waals surface area (Å²) < 4.78 is 2.12. The molecule has 0 saturated carbocycles. The van der Waals surface area contributed by atoms with E-state index in [1.165, 1.54) is 5.56 Å². The van der Waals surface area contributed by atoms with E-state index < -0.39 is 0 Å². The Morgan fingerprint density at radius 1 is 1.64 bits per heavy atom. The standard InChI is InChI=1S/C9H12N.HI/c1-3-9-6-5-7-10(4-2)8-9;/h3,5-8H,1,4H2,2H3;1H/q+1;/p-1. The highest BCUT2D eigenvalue weighted by Gasteiger charge is 1.94. The lowest BCUT2D eigenvalue weighted by Crippen LogP contribution is -3.00. The largest absolute Gasteiger partial charge is 1.00 e. The molecule has 0 bridgehead atoms. The van der Waals surface area contributed by atoms with Crippen LogP contribution in [0.4, 0.5) is 0 Å². The third kappa shape index (κ3) is 3.01. The van der Waals surface area contributed by atoms with Crippen molar-refractivity contribution in [2.45, 2.75) is 13.5 Å². The van der Waals surface area contributed by atoms with Gasteiger partial charge in [0, 0.05) is 11.6 Å². The van der Waals surface area contributed by atoms with Crippen molar-refractivity contribution in [3.8, 4) is 0 Å². The zero-order chi connectivity index (χ0) is 7.40. The molecule has 2 heteroatoms. The van der Waals surface area contributed by atoms with E-state index in [1.54, 1.807) is 0 Å². The van der Waals surface area contributed by atoms with E-state index in [0.717, 1.165) is 6.54 Å². The third-order valence-corrected chi connectivity index (χ3v) is 1.48. The van der Waals surface area contributed by atoms with Crippen LogP contribution in [0.1, 0.15) is 12.5 Å². The molecule has 0 radical (unpaired) electrons. The first-order valence-corrected chi connectivity index (χ1v) is 3.48. The number of halogens is 1. The van der Waals surface area contributed by atoms with Crippen molar-refractivity contribution in [1.82, 2.24) is 0 Å². The molecule has 0 amide bonds. The summed E-state index contributed by atoms with van der Waals surface area (Å²) in [5.74, 6) is 0. The molecule has 0 spiro atoms. The first-order valence-electron chi connectivity index (χ1n) is 3.48. The van der Waals surface area contributed by atoms with Gasteiger partial charge in [-0.1, -0.05) is 12.7 Å². The maximum Gasteiger partial charge on any atom is 0.175 e. The van der Waals surface area contributed by atoms with Crippen molar-refractivity contribution in [3.63, 3.8) is 0 Å². The molecule has 0 N–H and O–H groups in total. The number of nitrogens with zero attached hydrogens (tertiary/aromatic N) is 1. The number of pyridine rings is 1. The van der Waals surface area contributed by atoms with Gasteiger partial charge in [0.05, 0.1) is 0 Å². The van der Waals surface area contributed by atoms with E-state index in [9.17, 15) is 0 Å². The van der Waals surface area contributed by atoms with Gasteiger partial charge in [-0.05, 0) is 13.0 Å². The highest BCUT2D eigenvalue weighted by atomic mass is 127. The van der Waals surface area contributed by atoms with Crippen LogP contribution in [0.2, 0.25) is 0 Å². The number of hydrogen-bond acceptors (Lipinski definition) is 0. The Labute approximate surface area is 84.8 Å². The highest BCUT2D eigenvalue weighted by molar-refractivity contribution is 5.43. The lowest BCUT2D eigenvalue weighted by molar-refractivity contribution is -0.693. The Hall–Kier alpha value is -0.380. The van der Waals surface area contributed by atoms with Gasteiger partial charge in [-0.3, -0.25) is 0 Å². The minimum atomic E-state index is 0. The van der Waals surface area contributed by atoms with E-state index in [2.05, 4.69) is 24.3 Å². The molecule has 11 heavy (non-hydrogen) atoms. The maximum atomic E-state index is 3.69. The first-order chi connectivity index (χ1) is 4.86. The topological polar surface area (TPSA) is 3.88 Å². The molecule has 0 saturated heterocycles. The molecule has 0 aliphatic heterocycles. The Morgan fingerprint density at radius 2 is 2.36 bits per heavy atom. The second kappa shape index (κ2) is 5.29. The molecular weight excluding hydrogens is 249 g/mol. The molecule has 0 aliphatic carbocycles. The summed E-state index contributed by atoms with van der Waals surface area (Å²) in [5.41, 5.74) is 1.17. The number of hydrogen-bond donors (Lipinski definition) is 0. The van der Waals surface area contributed by atoms with Crippen LogP contribution < -0.4 is 28.5 Å². The fourth-order valence-corrected chi connectivity index (χ4v) is 0.860. The van der Waals surface area contributed by atoms with Crippen molar-refractivity contribution in [3.05, 3.63) is 36.7 Å². The van der Waals surface area contributed by atoms with Crippen LogP contribution in [0.25, 0.3) is 6.08 Å². The molecular formula is C9H12IN. The molecule has 1 rings (SSSR count). The lowest BCUT2D eigenvalue weighted by atomic mass is 10.3. The summed E-state index contributed by atoms with van der Waals surface area (Å²) in [6.07, 6.45) is 5.98. The minimum Gasteiger partial charge on any atom is -1.00 e. The van der Waals surface area contributed by atoms with Crippen LogP contribution in [0, 0.1) is 0 Å². The summed E-state index contributed by atoms with van der Waals surface area (Å²) in [4.78, 5) is 0. The van der Waals surface area contributed by atoms with Gasteiger partial charge in [0.1, 0.15) is 6.54 Å². The molecule has 1 heterocycles. The van der Waals surface area contributed by atoms with Gasteiger partial charge in [0.25, 0.3) is 0 Å². The highest BCUT2D eigenvalue weighted by Crippen LogP contribution is 1.94. The molecule has 0 unspecified atom stereocenters. The molecule has 0 aliphatic rings. The monoisotopic (exact) mass is 261 g/mol. The second-order valence-corrected chi connectivity index (χ2v) is 2.17. The average molecular weight is 261 g/mol. The van der Waals surface area contributed by atoms with E-state index in [1.807, 2.05) is 24.4 Å². The SMILES string of the molecule is C=Cc1ccc[n+](CC)c1.[I-]. The molecule has 60 valence electrons. The van der Waals surface area contributed by atoms with Crippen molar-refractivity contribution in [2.24, 2.45) is 0 Å². The van der Waals surface area contributed by atoms with Gasteiger partial charge >= 0.3 is 0 Å². The quantitative estimate of drug-likeness (QED) is 0.457. The Bertz CT molecular complexity index is 233. The average Bonchev–Trinajstić information content (AvgIpc) is 2.05. The van der Waals surface area contributed by atoms with Crippen LogP contribution >= 0.6 is 0 Å². The summed E-state index contributed by atoms with van der Waals surface area (Å²) >= 11 is 0. The normalized spacial score (nSPS) is 8.45. The van der Waals surface area contributed by atoms with Crippen LogP contribution in [-0.2, 0) is 6.54 Å². The lowest BCUT2D eigenvalue weighted by Gasteiger charge is -1.91. The van der Waals surface area contributed by atoms with Crippen molar-refractivity contribution in [2.75, 3.05) is 0 Å². The predicted octanol–water partition coefficient (Wildman–Crippen LogP) is -1.36. The van der Waals surface area contributed by atoms with Gasteiger partial charge in [-0.2, -0.15) is 0 Å². The Balaban J connectivity index is 0.000001000. The smallest absolute Gasteiger partial charge is 0.175 e. The molecule has 1 nitrogen and oxygen atoms in total. The maximum absolute atomic E-state index is 3.69. The fourth-order valence-electron chi connectivity index (χ4n) is 0.860. The molecule has 0 atom stereocenters.